The summed E-state index contributed by atoms with van der Waals surface area (Å²) < 4.78 is 0.977. The van der Waals surface area contributed by atoms with Gasteiger partial charge in [-0.3, -0.25) is 0 Å². The number of hydrogen-bond donors (Lipinski definition) is 1. The molecule has 7 heteroatoms. The summed E-state index contributed by atoms with van der Waals surface area (Å²) in [7, 11) is 1.86. The molecule has 0 fully saturated rings. The minimum atomic E-state index is 0.557. The molecule has 0 radical (unpaired) electrons. The maximum Gasteiger partial charge on any atom is 0.206 e. The summed E-state index contributed by atoms with van der Waals surface area (Å²) in [4.78, 5) is 5.80. The van der Waals surface area contributed by atoms with Gasteiger partial charge < -0.3 is 5.32 Å². The molecule has 0 spiro atoms. The predicted octanol–water partition coefficient (Wildman–Crippen LogP) is 5.12. The van der Waals surface area contributed by atoms with Crippen LogP contribution in [0, 0.1) is 0 Å². The zero-order chi connectivity index (χ0) is 16.2. The van der Waals surface area contributed by atoms with Crippen molar-refractivity contribution in [2.75, 3.05) is 12.4 Å². The molecule has 0 aliphatic carbocycles. The van der Waals surface area contributed by atoms with E-state index >= 15 is 0 Å². The van der Waals surface area contributed by atoms with E-state index < -0.39 is 0 Å². The second-order valence-electron chi connectivity index (χ2n) is 5.32. The van der Waals surface area contributed by atoms with Gasteiger partial charge in [-0.05, 0) is 11.5 Å². The third kappa shape index (κ3) is 4.10. The fourth-order valence-corrected chi connectivity index (χ4v) is 4.66. The van der Waals surface area contributed by atoms with Crippen molar-refractivity contribution in [1.82, 2.24) is 15.2 Å². The number of nitrogens with zero attached hydrogens (tertiary/aromatic N) is 3. The molecule has 120 valence electrons. The van der Waals surface area contributed by atoms with E-state index in [1.165, 1.54) is 16.0 Å². The van der Waals surface area contributed by atoms with Crippen LogP contribution in [0.2, 0.25) is 0 Å². The fraction of sp³-hybridized carbons (Fsp3) is 0.312. The van der Waals surface area contributed by atoms with E-state index in [9.17, 15) is 0 Å². The topological polar surface area (TPSA) is 50.7 Å². The van der Waals surface area contributed by atoms with E-state index in [2.05, 4.69) is 58.6 Å². The first-order valence-electron chi connectivity index (χ1n) is 7.35. The van der Waals surface area contributed by atoms with Crippen LogP contribution in [-0.2, 0) is 5.75 Å². The molecule has 0 saturated heterocycles. The first-order chi connectivity index (χ1) is 11.2. The van der Waals surface area contributed by atoms with Crippen molar-refractivity contribution < 1.29 is 0 Å². The number of benzene rings is 1. The molecule has 0 aliphatic rings. The van der Waals surface area contributed by atoms with Crippen molar-refractivity contribution in [1.29, 1.82) is 0 Å². The lowest BCUT2D eigenvalue weighted by Crippen LogP contribution is -1.86. The Hall–Kier alpha value is -1.44. The molecule has 2 aromatic heterocycles. The van der Waals surface area contributed by atoms with Gasteiger partial charge >= 0.3 is 0 Å². The van der Waals surface area contributed by atoms with E-state index in [1.54, 1.807) is 34.4 Å². The van der Waals surface area contributed by atoms with Crippen LogP contribution in [0.5, 0.6) is 0 Å². The van der Waals surface area contributed by atoms with Crippen molar-refractivity contribution in [3.05, 3.63) is 40.9 Å². The Bertz CT molecular complexity index is 762. The summed E-state index contributed by atoms with van der Waals surface area (Å²) in [5, 5.41) is 13.1. The molecule has 0 unspecified atom stereocenters. The summed E-state index contributed by atoms with van der Waals surface area (Å²) in [5.41, 5.74) is 2.54. The number of nitrogens with one attached hydrogen (secondary N) is 1. The Morgan fingerprint density at radius 1 is 1.13 bits per heavy atom. The van der Waals surface area contributed by atoms with Crippen LogP contribution in [0.25, 0.3) is 10.6 Å². The van der Waals surface area contributed by atoms with Gasteiger partial charge in [0.05, 0.1) is 0 Å². The van der Waals surface area contributed by atoms with Gasteiger partial charge in [0, 0.05) is 29.4 Å². The van der Waals surface area contributed by atoms with Gasteiger partial charge in [-0.25, -0.2) is 4.98 Å². The Labute approximate surface area is 148 Å². The van der Waals surface area contributed by atoms with Gasteiger partial charge in [-0.2, -0.15) is 0 Å². The Morgan fingerprint density at radius 2 is 1.91 bits per heavy atom. The monoisotopic (exact) mass is 362 g/mol. The largest absolute Gasteiger partial charge is 0.363 e. The van der Waals surface area contributed by atoms with E-state index in [0.717, 1.165) is 20.2 Å². The lowest BCUT2D eigenvalue weighted by atomic mass is 10.0. The van der Waals surface area contributed by atoms with Crippen LogP contribution in [0.1, 0.15) is 30.2 Å². The van der Waals surface area contributed by atoms with Crippen LogP contribution >= 0.6 is 34.4 Å². The lowest BCUT2D eigenvalue weighted by Gasteiger charge is -2.05. The highest BCUT2D eigenvalue weighted by Gasteiger charge is 2.08. The minimum absolute atomic E-state index is 0.557. The van der Waals surface area contributed by atoms with E-state index in [0.29, 0.717) is 5.92 Å². The van der Waals surface area contributed by atoms with Crippen LogP contribution in [-0.4, -0.2) is 22.2 Å². The smallest absolute Gasteiger partial charge is 0.206 e. The normalized spacial score (nSPS) is 11.1. The zero-order valence-electron chi connectivity index (χ0n) is 13.2. The Balaban J connectivity index is 1.65. The standard InChI is InChI=1S/C16H18N4S3/c1-10(2)11-4-6-12(7-5-11)14-18-8-13(22-14)9-21-16-20-19-15(17-3)23-16/h4-8,10H,9H2,1-3H3,(H,17,19). The maximum absolute atomic E-state index is 4.55. The summed E-state index contributed by atoms with van der Waals surface area (Å²) in [6.45, 7) is 4.42. The Morgan fingerprint density at radius 3 is 2.57 bits per heavy atom. The van der Waals surface area contributed by atoms with Gasteiger partial charge in [0.1, 0.15) is 5.01 Å². The first-order valence-corrected chi connectivity index (χ1v) is 9.96. The highest BCUT2D eigenvalue weighted by atomic mass is 32.2. The molecule has 3 rings (SSSR count). The minimum Gasteiger partial charge on any atom is -0.363 e. The van der Waals surface area contributed by atoms with Crippen molar-refractivity contribution in [2.24, 2.45) is 0 Å². The third-order valence-electron chi connectivity index (χ3n) is 3.34. The second-order valence-corrected chi connectivity index (χ2v) is 8.64. The van der Waals surface area contributed by atoms with Crippen molar-refractivity contribution in [2.45, 2.75) is 29.9 Å². The number of hydrogen-bond acceptors (Lipinski definition) is 7. The third-order valence-corrected chi connectivity index (χ3v) is 6.69. The molecule has 0 bridgehead atoms. The number of aromatic nitrogens is 3. The molecular formula is C16H18N4S3. The molecule has 4 nitrogen and oxygen atoms in total. The van der Waals surface area contributed by atoms with Gasteiger partial charge in [0.15, 0.2) is 4.34 Å². The molecule has 0 saturated carbocycles. The quantitative estimate of drug-likeness (QED) is 0.617. The summed E-state index contributed by atoms with van der Waals surface area (Å²) >= 11 is 5.01. The van der Waals surface area contributed by atoms with Gasteiger partial charge in [-0.15, -0.1) is 21.5 Å². The molecule has 2 heterocycles. The van der Waals surface area contributed by atoms with Gasteiger partial charge in [0.25, 0.3) is 0 Å². The summed E-state index contributed by atoms with van der Waals surface area (Å²) in [6.07, 6.45) is 1.96. The van der Waals surface area contributed by atoms with E-state index in [-0.39, 0.29) is 0 Å². The van der Waals surface area contributed by atoms with Crippen molar-refractivity contribution >= 4 is 39.6 Å². The fourth-order valence-electron chi connectivity index (χ4n) is 2.02. The van der Waals surface area contributed by atoms with Crippen LogP contribution in [0.3, 0.4) is 0 Å². The van der Waals surface area contributed by atoms with Gasteiger partial charge in [0.2, 0.25) is 5.13 Å². The highest BCUT2D eigenvalue weighted by molar-refractivity contribution is 8.00. The van der Waals surface area contributed by atoms with Gasteiger partial charge in [-0.1, -0.05) is 61.2 Å². The zero-order valence-corrected chi connectivity index (χ0v) is 15.7. The number of anilines is 1. The average Bonchev–Trinajstić information content (AvgIpc) is 3.22. The van der Waals surface area contributed by atoms with Crippen molar-refractivity contribution in [3.8, 4) is 10.6 Å². The number of thioether (sulfide) groups is 1. The lowest BCUT2D eigenvalue weighted by molar-refractivity contribution is 0.867. The SMILES string of the molecule is CNc1nnc(SCc2cnc(-c3ccc(C(C)C)cc3)s2)s1. The molecule has 0 amide bonds. The van der Waals surface area contributed by atoms with E-state index in [4.69, 9.17) is 0 Å². The maximum atomic E-state index is 4.55. The molecular weight excluding hydrogens is 344 g/mol. The summed E-state index contributed by atoms with van der Waals surface area (Å²) in [5.74, 6) is 1.43. The number of thiazole rings is 1. The van der Waals surface area contributed by atoms with Crippen LogP contribution < -0.4 is 5.32 Å². The molecule has 3 aromatic rings. The van der Waals surface area contributed by atoms with E-state index in [1.807, 2.05) is 13.2 Å². The predicted molar refractivity (Wildman–Crippen MR) is 101 cm³/mol. The Kier molecular flexibility index (Phi) is 5.30. The number of rotatable bonds is 6. The molecule has 0 atom stereocenters. The summed E-state index contributed by atoms with van der Waals surface area (Å²) in [6, 6.07) is 8.71. The highest BCUT2D eigenvalue weighted by Crippen LogP contribution is 2.32. The van der Waals surface area contributed by atoms with Crippen molar-refractivity contribution in [3.63, 3.8) is 0 Å². The molecule has 1 N–H and O–H groups in total. The molecule has 23 heavy (non-hydrogen) atoms. The van der Waals surface area contributed by atoms with Crippen LogP contribution in [0.4, 0.5) is 5.13 Å². The molecule has 0 aliphatic heterocycles. The second kappa shape index (κ2) is 7.42. The first kappa shape index (κ1) is 16.4. The molecule has 1 aromatic carbocycles. The average molecular weight is 363 g/mol. The van der Waals surface area contributed by atoms with Crippen LogP contribution in [0.15, 0.2) is 34.8 Å².